The van der Waals surface area contributed by atoms with Crippen molar-refractivity contribution in [3.05, 3.63) is 12.4 Å². The Morgan fingerprint density at radius 3 is 2.48 bits per heavy atom. The Bertz CT molecular complexity index is 566. The van der Waals surface area contributed by atoms with Crippen molar-refractivity contribution in [3.63, 3.8) is 0 Å². The minimum atomic E-state index is -0.431. The Labute approximate surface area is 150 Å². The van der Waals surface area contributed by atoms with E-state index in [0.29, 0.717) is 12.6 Å². The van der Waals surface area contributed by atoms with Gasteiger partial charge >= 0.3 is 7.12 Å². The lowest BCUT2D eigenvalue weighted by Gasteiger charge is -2.33. The number of anilines is 1. The van der Waals surface area contributed by atoms with Gasteiger partial charge in [0.1, 0.15) is 0 Å². The molecule has 1 aromatic heterocycles. The molecule has 0 saturated carbocycles. The molecule has 8 heteroatoms. The lowest BCUT2D eigenvalue weighted by Crippen LogP contribution is -2.47. The molecule has 2 aliphatic heterocycles. The number of aromatic nitrogens is 2. The maximum Gasteiger partial charge on any atom is 0.498 e. The molecule has 0 radical (unpaired) electrons. The number of rotatable bonds is 5. The topological polar surface area (TPSA) is 79.7 Å². The summed E-state index contributed by atoms with van der Waals surface area (Å²) in [6, 6.07) is 0.368. The predicted molar refractivity (Wildman–Crippen MR) is 98.1 cm³/mol. The molecule has 0 unspecified atom stereocenters. The molecular formula is C17H29BN4O3. The normalized spacial score (nSPS) is 25.4. The molecule has 25 heavy (non-hydrogen) atoms. The number of hydrogen-bond donors (Lipinski definition) is 2. The highest BCUT2D eigenvalue weighted by atomic mass is 16.7. The van der Waals surface area contributed by atoms with E-state index >= 15 is 0 Å². The number of aliphatic hydroxyl groups is 1. The van der Waals surface area contributed by atoms with E-state index in [0.717, 1.165) is 37.3 Å². The molecule has 138 valence electrons. The van der Waals surface area contributed by atoms with E-state index in [9.17, 15) is 0 Å². The maximum atomic E-state index is 8.96. The number of nitrogens with zero attached hydrogens (tertiary/aromatic N) is 3. The van der Waals surface area contributed by atoms with Crippen molar-refractivity contribution in [2.75, 3.05) is 31.1 Å². The van der Waals surface area contributed by atoms with Crippen LogP contribution in [0.3, 0.4) is 0 Å². The SMILES string of the molecule is CC1(C)OB(c2cnc(N3CCC[C@@H](NCCO)C3)nc2)OC1(C)C. The first kappa shape index (κ1) is 18.6. The lowest BCUT2D eigenvalue weighted by molar-refractivity contribution is 0.00578. The number of aliphatic hydroxyl groups excluding tert-OH is 1. The van der Waals surface area contributed by atoms with Crippen molar-refractivity contribution < 1.29 is 14.4 Å². The zero-order valence-corrected chi connectivity index (χ0v) is 15.7. The quantitative estimate of drug-likeness (QED) is 0.742. The zero-order valence-electron chi connectivity index (χ0n) is 15.7. The van der Waals surface area contributed by atoms with Gasteiger partial charge in [-0.05, 0) is 40.5 Å². The third kappa shape index (κ3) is 3.97. The second-order valence-corrected chi connectivity index (χ2v) is 7.87. The monoisotopic (exact) mass is 348 g/mol. The molecule has 2 aliphatic rings. The van der Waals surface area contributed by atoms with Crippen LogP contribution < -0.4 is 15.7 Å². The van der Waals surface area contributed by atoms with E-state index in [-0.39, 0.29) is 17.8 Å². The fraction of sp³-hybridized carbons (Fsp3) is 0.765. The maximum absolute atomic E-state index is 8.96. The Hall–Kier alpha value is -1.22. The van der Waals surface area contributed by atoms with Crippen LogP contribution >= 0.6 is 0 Å². The van der Waals surface area contributed by atoms with Crippen molar-refractivity contribution in [2.45, 2.75) is 57.8 Å². The third-order valence-electron chi connectivity index (χ3n) is 5.43. The molecule has 0 amide bonds. The van der Waals surface area contributed by atoms with Crippen LogP contribution in [-0.2, 0) is 9.31 Å². The summed E-state index contributed by atoms with van der Waals surface area (Å²) in [6.07, 6.45) is 5.80. The first-order valence-electron chi connectivity index (χ1n) is 9.09. The molecule has 1 aromatic rings. The molecule has 0 spiro atoms. The predicted octanol–water partition coefficient (Wildman–Crippen LogP) is 0.327. The number of piperidine rings is 1. The summed E-state index contributed by atoms with van der Waals surface area (Å²) in [5.41, 5.74) is 0.109. The fourth-order valence-electron chi connectivity index (χ4n) is 3.19. The molecule has 7 nitrogen and oxygen atoms in total. The largest absolute Gasteiger partial charge is 0.498 e. The van der Waals surface area contributed by atoms with Crippen LogP contribution in [0.25, 0.3) is 0 Å². The number of hydrogen-bond acceptors (Lipinski definition) is 7. The Kier molecular flexibility index (Phi) is 5.34. The van der Waals surface area contributed by atoms with E-state index in [2.05, 4.69) is 20.2 Å². The summed E-state index contributed by atoms with van der Waals surface area (Å²) < 4.78 is 12.1. The van der Waals surface area contributed by atoms with Crippen LogP contribution in [0, 0.1) is 0 Å². The van der Waals surface area contributed by atoms with Crippen molar-refractivity contribution >= 4 is 18.5 Å². The highest BCUT2D eigenvalue weighted by Crippen LogP contribution is 2.36. The van der Waals surface area contributed by atoms with Crippen molar-refractivity contribution in [3.8, 4) is 0 Å². The average Bonchev–Trinajstić information content (AvgIpc) is 2.81. The smallest absolute Gasteiger partial charge is 0.399 e. The van der Waals surface area contributed by atoms with Gasteiger partial charge < -0.3 is 24.6 Å². The molecule has 2 N–H and O–H groups in total. The second-order valence-electron chi connectivity index (χ2n) is 7.87. The molecule has 0 bridgehead atoms. The van der Waals surface area contributed by atoms with E-state index in [1.54, 1.807) is 12.4 Å². The van der Waals surface area contributed by atoms with Gasteiger partial charge in [0.25, 0.3) is 0 Å². The zero-order chi connectivity index (χ0) is 18.1. The summed E-state index contributed by atoms with van der Waals surface area (Å²) in [5.74, 6) is 0.732. The van der Waals surface area contributed by atoms with Gasteiger partial charge in [-0.15, -0.1) is 0 Å². The highest BCUT2D eigenvalue weighted by molar-refractivity contribution is 6.61. The van der Waals surface area contributed by atoms with E-state index in [4.69, 9.17) is 14.4 Å². The van der Waals surface area contributed by atoms with E-state index in [1.807, 2.05) is 27.7 Å². The minimum Gasteiger partial charge on any atom is -0.399 e. The summed E-state index contributed by atoms with van der Waals surface area (Å²) in [5, 5.41) is 12.3. The fourth-order valence-corrected chi connectivity index (χ4v) is 3.19. The van der Waals surface area contributed by atoms with Crippen molar-refractivity contribution in [2.24, 2.45) is 0 Å². The van der Waals surface area contributed by atoms with Crippen LogP contribution in [-0.4, -0.2) is 65.7 Å². The molecule has 2 saturated heterocycles. The Morgan fingerprint density at radius 2 is 1.88 bits per heavy atom. The van der Waals surface area contributed by atoms with Crippen LogP contribution in [0.1, 0.15) is 40.5 Å². The molecule has 3 heterocycles. The van der Waals surface area contributed by atoms with Crippen molar-refractivity contribution in [1.29, 1.82) is 0 Å². The van der Waals surface area contributed by atoms with Gasteiger partial charge in [-0.3, -0.25) is 0 Å². The Morgan fingerprint density at radius 1 is 1.24 bits per heavy atom. The molecular weight excluding hydrogens is 319 g/mol. The molecule has 0 aromatic carbocycles. The van der Waals surface area contributed by atoms with Gasteiger partial charge in [0, 0.05) is 43.5 Å². The van der Waals surface area contributed by atoms with Gasteiger partial charge in [0.05, 0.1) is 17.8 Å². The van der Waals surface area contributed by atoms with Gasteiger partial charge in [-0.1, -0.05) is 0 Å². The van der Waals surface area contributed by atoms with Gasteiger partial charge in [-0.2, -0.15) is 0 Å². The lowest BCUT2D eigenvalue weighted by atomic mass is 9.81. The van der Waals surface area contributed by atoms with Crippen LogP contribution in [0.15, 0.2) is 12.4 Å². The van der Waals surface area contributed by atoms with Gasteiger partial charge in [0.15, 0.2) is 0 Å². The molecule has 2 fully saturated rings. The van der Waals surface area contributed by atoms with Crippen LogP contribution in [0.4, 0.5) is 5.95 Å². The summed E-state index contributed by atoms with van der Waals surface area (Å²) >= 11 is 0. The first-order valence-corrected chi connectivity index (χ1v) is 9.09. The molecule has 1 atom stereocenters. The Balaban J connectivity index is 1.65. The third-order valence-corrected chi connectivity index (χ3v) is 5.43. The van der Waals surface area contributed by atoms with Crippen LogP contribution in [0.5, 0.6) is 0 Å². The summed E-state index contributed by atoms with van der Waals surface area (Å²) in [7, 11) is -0.431. The summed E-state index contributed by atoms with van der Waals surface area (Å²) in [6.45, 7) is 10.7. The minimum absolute atomic E-state index is 0.162. The van der Waals surface area contributed by atoms with Crippen LogP contribution in [0.2, 0.25) is 0 Å². The summed E-state index contributed by atoms with van der Waals surface area (Å²) in [4.78, 5) is 11.3. The highest BCUT2D eigenvalue weighted by Gasteiger charge is 2.52. The molecule has 3 rings (SSSR count). The van der Waals surface area contributed by atoms with E-state index < -0.39 is 7.12 Å². The molecule has 0 aliphatic carbocycles. The first-order chi connectivity index (χ1) is 11.8. The average molecular weight is 348 g/mol. The van der Waals surface area contributed by atoms with Crippen molar-refractivity contribution in [1.82, 2.24) is 15.3 Å². The number of nitrogens with one attached hydrogen (secondary N) is 1. The standard InChI is InChI=1S/C17H29BN4O3/c1-16(2)17(3,4)25-18(24-16)13-10-20-15(21-11-13)22-8-5-6-14(12-22)19-7-9-23/h10-11,14,19,23H,5-9,12H2,1-4H3/t14-/m1/s1. The van der Waals surface area contributed by atoms with E-state index in [1.165, 1.54) is 0 Å². The second kappa shape index (κ2) is 7.19. The van der Waals surface area contributed by atoms with Gasteiger partial charge in [-0.25, -0.2) is 9.97 Å². The van der Waals surface area contributed by atoms with Gasteiger partial charge in [0.2, 0.25) is 5.95 Å².